The van der Waals surface area contributed by atoms with Crippen LogP contribution in [0.1, 0.15) is 37.2 Å². The summed E-state index contributed by atoms with van der Waals surface area (Å²) in [6, 6.07) is 3.96. The Labute approximate surface area is 90.5 Å². The molecule has 1 heterocycles. The third-order valence-corrected chi connectivity index (χ3v) is 3.30. The van der Waals surface area contributed by atoms with Crippen molar-refractivity contribution in [3.8, 4) is 0 Å². The zero-order chi connectivity index (χ0) is 10.7. The van der Waals surface area contributed by atoms with Crippen LogP contribution in [-0.4, -0.2) is 17.3 Å². The topological polar surface area (TPSA) is 45.4 Å². The fraction of sp³-hybridized carbons (Fsp3) is 0.667. The molecule has 0 aliphatic heterocycles. The minimum atomic E-state index is -0.0549. The molecule has 0 radical (unpaired) electrons. The van der Waals surface area contributed by atoms with Crippen molar-refractivity contribution in [2.45, 2.75) is 44.7 Å². The van der Waals surface area contributed by atoms with Crippen molar-refractivity contribution in [2.24, 2.45) is 0 Å². The first-order valence-electron chi connectivity index (χ1n) is 5.65. The van der Waals surface area contributed by atoms with Gasteiger partial charge in [0, 0.05) is 5.54 Å². The summed E-state index contributed by atoms with van der Waals surface area (Å²) in [6.07, 6.45) is 4.57. The van der Waals surface area contributed by atoms with E-state index in [0.29, 0.717) is 6.54 Å². The van der Waals surface area contributed by atoms with Crippen LogP contribution in [0.25, 0.3) is 0 Å². The summed E-state index contributed by atoms with van der Waals surface area (Å²) >= 11 is 0. The molecule has 0 bridgehead atoms. The summed E-state index contributed by atoms with van der Waals surface area (Å²) in [6.45, 7) is 2.89. The van der Waals surface area contributed by atoms with E-state index in [1.165, 1.54) is 12.8 Å². The van der Waals surface area contributed by atoms with Crippen LogP contribution in [-0.2, 0) is 6.54 Å². The van der Waals surface area contributed by atoms with Gasteiger partial charge in [-0.15, -0.1) is 0 Å². The molecule has 1 aliphatic carbocycles. The number of rotatable bonds is 4. The van der Waals surface area contributed by atoms with Gasteiger partial charge in [-0.2, -0.15) is 0 Å². The second kappa shape index (κ2) is 4.37. The Morgan fingerprint density at radius 3 is 2.67 bits per heavy atom. The number of hydrogen-bond donors (Lipinski definition) is 2. The number of furan rings is 1. The van der Waals surface area contributed by atoms with Gasteiger partial charge < -0.3 is 14.8 Å². The number of aliphatic hydroxyl groups is 1. The third-order valence-electron chi connectivity index (χ3n) is 3.30. The van der Waals surface area contributed by atoms with Crippen molar-refractivity contribution in [1.82, 2.24) is 5.32 Å². The number of aliphatic hydroxyl groups excluding tert-OH is 1. The van der Waals surface area contributed by atoms with E-state index in [-0.39, 0.29) is 12.1 Å². The Bertz CT molecular complexity index is 313. The van der Waals surface area contributed by atoms with Gasteiger partial charge in [0.2, 0.25) is 0 Å². The van der Waals surface area contributed by atoms with Gasteiger partial charge >= 0.3 is 0 Å². The summed E-state index contributed by atoms with van der Waals surface area (Å²) in [4.78, 5) is 0. The molecule has 0 spiro atoms. The van der Waals surface area contributed by atoms with Crippen LogP contribution >= 0.6 is 0 Å². The largest absolute Gasteiger partial charge is 0.465 e. The van der Waals surface area contributed by atoms with Crippen molar-refractivity contribution in [3.05, 3.63) is 23.7 Å². The minimum Gasteiger partial charge on any atom is -0.465 e. The Morgan fingerprint density at radius 1 is 1.40 bits per heavy atom. The highest BCUT2D eigenvalue weighted by molar-refractivity contribution is 5.06. The van der Waals surface area contributed by atoms with Gasteiger partial charge in [-0.1, -0.05) is 12.8 Å². The summed E-state index contributed by atoms with van der Waals surface area (Å²) < 4.78 is 5.49. The molecular weight excluding hydrogens is 190 g/mol. The van der Waals surface area contributed by atoms with Crippen LogP contribution in [0.4, 0.5) is 0 Å². The molecule has 0 atom stereocenters. The summed E-state index contributed by atoms with van der Waals surface area (Å²) in [5.41, 5.74) is -0.0549. The Kier molecular flexibility index (Phi) is 3.12. The van der Waals surface area contributed by atoms with Crippen LogP contribution in [0.5, 0.6) is 0 Å². The first kappa shape index (κ1) is 10.7. The number of aryl methyl sites for hydroxylation is 1. The first-order chi connectivity index (χ1) is 7.24. The molecule has 0 amide bonds. The Balaban J connectivity index is 1.91. The second-order valence-corrected chi connectivity index (χ2v) is 4.51. The molecule has 84 valence electrons. The zero-order valence-electron chi connectivity index (χ0n) is 9.25. The highest BCUT2D eigenvalue weighted by Gasteiger charge is 2.32. The molecule has 1 fully saturated rings. The third kappa shape index (κ3) is 2.41. The summed E-state index contributed by atoms with van der Waals surface area (Å²) in [7, 11) is 0. The Hall–Kier alpha value is -0.800. The van der Waals surface area contributed by atoms with Crippen molar-refractivity contribution < 1.29 is 9.52 Å². The lowest BCUT2D eigenvalue weighted by Crippen LogP contribution is -2.45. The molecule has 15 heavy (non-hydrogen) atoms. The molecule has 1 saturated carbocycles. The lowest BCUT2D eigenvalue weighted by atomic mass is 9.99. The smallest absolute Gasteiger partial charge is 0.117 e. The van der Waals surface area contributed by atoms with E-state index in [1.807, 2.05) is 19.1 Å². The molecule has 0 aromatic carbocycles. The molecule has 3 nitrogen and oxygen atoms in total. The van der Waals surface area contributed by atoms with Crippen molar-refractivity contribution in [3.63, 3.8) is 0 Å². The molecule has 0 saturated heterocycles. The molecule has 1 aliphatic rings. The average Bonchev–Trinajstić information content (AvgIpc) is 2.85. The van der Waals surface area contributed by atoms with Gasteiger partial charge in [0.05, 0.1) is 13.2 Å². The van der Waals surface area contributed by atoms with Crippen LogP contribution in [0.3, 0.4) is 0 Å². The fourth-order valence-corrected chi connectivity index (χ4v) is 2.30. The van der Waals surface area contributed by atoms with E-state index in [0.717, 1.165) is 24.4 Å². The summed E-state index contributed by atoms with van der Waals surface area (Å²) in [5, 5.41) is 12.8. The van der Waals surface area contributed by atoms with E-state index < -0.39 is 0 Å². The van der Waals surface area contributed by atoms with E-state index in [4.69, 9.17) is 4.42 Å². The molecule has 1 aromatic rings. The molecule has 2 N–H and O–H groups in total. The predicted molar refractivity (Wildman–Crippen MR) is 58.6 cm³/mol. The summed E-state index contributed by atoms with van der Waals surface area (Å²) in [5.74, 6) is 1.89. The van der Waals surface area contributed by atoms with E-state index in [9.17, 15) is 5.11 Å². The first-order valence-corrected chi connectivity index (χ1v) is 5.65. The maximum Gasteiger partial charge on any atom is 0.117 e. The highest BCUT2D eigenvalue weighted by atomic mass is 16.3. The second-order valence-electron chi connectivity index (χ2n) is 4.51. The lowest BCUT2D eigenvalue weighted by molar-refractivity contribution is 0.160. The quantitative estimate of drug-likeness (QED) is 0.797. The maximum atomic E-state index is 9.41. The van der Waals surface area contributed by atoms with Crippen molar-refractivity contribution in [1.29, 1.82) is 0 Å². The van der Waals surface area contributed by atoms with E-state index >= 15 is 0 Å². The van der Waals surface area contributed by atoms with Crippen LogP contribution < -0.4 is 5.32 Å². The van der Waals surface area contributed by atoms with Crippen molar-refractivity contribution in [2.75, 3.05) is 6.61 Å². The molecular formula is C12H19NO2. The normalized spacial score (nSPS) is 19.6. The fourth-order valence-electron chi connectivity index (χ4n) is 2.30. The van der Waals surface area contributed by atoms with Gasteiger partial charge in [0.25, 0.3) is 0 Å². The highest BCUT2D eigenvalue weighted by Crippen LogP contribution is 2.29. The van der Waals surface area contributed by atoms with Gasteiger partial charge in [0.1, 0.15) is 11.5 Å². The average molecular weight is 209 g/mol. The van der Waals surface area contributed by atoms with Gasteiger partial charge in [0.15, 0.2) is 0 Å². The number of hydrogen-bond acceptors (Lipinski definition) is 3. The molecule has 2 rings (SSSR count). The molecule has 1 aromatic heterocycles. The minimum absolute atomic E-state index is 0.0549. The van der Waals surface area contributed by atoms with Gasteiger partial charge in [-0.05, 0) is 31.9 Å². The monoisotopic (exact) mass is 209 g/mol. The van der Waals surface area contributed by atoms with E-state index in [1.54, 1.807) is 0 Å². The van der Waals surface area contributed by atoms with E-state index in [2.05, 4.69) is 5.32 Å². The lowest BCUT2D eigenvalue weighted by Gasteiger charge is -2.27. The van der Waals surface area contributed by atoms with Crippen LogP contribution in [0, 0.1) is 6.92 Å². The molecule has 0 unspecified atom stereocenters. The van der Waals surface area contributed by atoms with Crippen molar-refractivity contribution >= 4 is 0 Å². The number of nitrogens with one attached hydrogen (secondary N) is 1. The predicted octanol–water partition coefficient (Wildman–Crippen LogP) is 1.98. The Morgan fingerprint density at radius 2 is 2.13 bits per heavy atom. The molecule has 3 heteroatoms. The SMILES string of the molecule is Cc1ccc(CNC2(CO)CCCC2)o1. The van der Waals surface area contributed by atoms with Crippen LogP contribution in [0.2, 0.25) is 0 Å². The maximum absolute atomic E-state index is 9.41. The van der Waals surface area contributed by atoms with Gasteiger partial charge in [-0.25, -0.2) is 0 Å². The van der Waals surface area contributed by atoms with Crippen LogP contribution in [0.15, 0.2) is 16.5 Å². The standard InChI is InChI=1S/C12H19NO2/c1-10-4-5-11(15-10)8-13-12(9-14)6-2-3-7-12/h4-5,13-14H,2-3,6-9H2,1H3. The zero-order valence-corrected chi connectivity index (χ0v) is 9.25. The van der Waals surface area contributed by atoms with Gasteiger partial charge in [-0.3, -0.25) is 0 Å².